The second kappa shape index (κ2) is 6.93. The first-order valence-corrected chi connectivity index (χ1v) is 8.82. The highest BCUT2D eigenvalue weighted by Crippen LogP contribution is 2.38. The Morgan fingerprint density at radius 2 is 1.88 bits per heavy atom. The number of nitrogens with one attached hydrogen (secondary N) is 1. The fraction of sp³-hybridized carbons (Fsp3) is 0.579. The lowest BCUT2D eigenvalue weighted by atomic mass is 10.0. The molecular formula is C19H27N3O2. The normalized spacial score (nSPS) is 24.1. The van der Waals surface area contributed by atoms with Crippen molar-refractivity contribution in [2.75, 3.05) is 32.5 Å². The Morgan fingerprint density at radius 3 is 2.46 bits per heavy atom. The molecule has 24 heavy (non-hydrogen) atoms. The van der Waals surface area contributed by atoms with Crippen molar-refractivity contribution in [1.29, 1.82) is 0 Å². The van der Waals surface area contributed by atoms with Gasteiger partial charge in [0.05, 0.1) is 0 Å². The molecule has 5 nitrogen and oxygen atoms in total. The number of amides is 2. The Hall–Kier alpha value is -1.88. The van der Waals surface area contributed by atoms with Gasteiger partial charge in [-0.1, -0.05) is 13.0 Å². The van der Waals surface area contributed by atoms with E-state index in [0.717, 1.165) is 32.4 Å². The number of hydrogen-bond acceptors (Lipinski definition) is 3. The van der Waals surface area contributed by atoms with Gasteiger partial charge in [0.25, 0.3) is 5.91 Å². The van der Waals surface area contributed by atoms with Crippen molar-refractivity contribution in [3.05, 3.63) is 29.8 Å². The summed E-state index contributed by atoms with van der Waals surface area (Å²) in [6, 6.07) is 7.87. The van der Waals surface area contributed by atoms with Gasteiger partial charge in [0.15, 0.2) is 0 Å². The first-order chi connectivity index (χ1) is 11.5. The molecule has 2 fully saturated rings. The van der Waals surface area contributed by atoms with Crippen LogP contribution in [-0.2, 0) is 4.79 Å². The van der Waals surface area contributed by atoms with Gasteiger partial charge in [-0.3, -0.25) is 9.59 Å². The predicted octanol–water partition coefficient (Wildman–Crippen LogP) is 2.45. The first-order valence-electron chi connectivity index (χ1n) is 8.82. The van der Waals surface area contributed by atoms with Gasteiger partial charge in [0.2, 0.25) is 5.91 Å². The number of carbonyl (C=O) groups excluding carboxylic acids is 2. The van der Waals surface area contributed by atoms with E-state index in [4.69, 9.17) is 0 Å². The lowest BCUT2D eigenvalue weighted by Gasteiger charge is -2.35. The minimum absolute atomic E-state index is 0.0584. The van der Waals surface area contributed by atoms with Crippen molar-refractivity contribution in [2.45, 2.75) is 32.2 Å². The fourth-order valence-corrected chi connectivity index (χ4v) is 3.42. The van der Waals surface area contributed by atoms with Gasteiger partial charge in [-0.25, -0.2) is 0 Å². The summed E-state index contributed by atoms with van der Waals surface area (Å²) in [7, 11) is 4.18. The van der Waals surface area contributed by atoms with Gasteiger partial charge >= 0.3 is 0 Å². The van der Waals surface area contributed by atoms with Crippen molar-refractivity contribution in [3.8, 4) is 0 Å². The maximum Gasteiger partial charge on any atom is 0.253 e. The van der Waals surface area contributed by atoms with Crippen molar-refractivity contribution in [3.63, 3.8) is 0 Å². The van der Waals surface area contributed by atoms with Gasteiger partial charge in [0.1, 0.15) is 0 Å². The smallest absolute Gasteiger partial charge is 0.253 e. The van der Waals surface area contributed by atoms with E-state index in [2.05, 4.69) is 31.2 Å². The quantitative estimate of drug-likeness (QED) is 0.923. The molecule has 1 N–H and O–H groups in total. The Kier molecular flexibility index (Phi) is 4.90. The average Bonchev–Trinajstić information content (AvgIpc) is 3.31. The van der Waals surface area contributed by atoms with E-state index in [-0.39, 0.29) is 17.7 Å². The Morgan fingerprint density at radius 1 is 1.21 bits per heavy atom. The molecule has 0 unspecified atom stereocenters. The van der Waals surface area contributed by atoms with Gasteiger partial charge in [-0.05, 0) is 57.5 Å². The van der Waals surface area contributed by atoms with Gasteiger partial charge in [0, 0.05) is 36.3 Å². The van der Waals surface area contributed by atoms with Crippen LogP contribution in [0.5, 0.6) is 0 Å². The summed E-state index contributed by atoms with van der Waals surface area (Å²) in [6.07, 6.45) is 2.98. The minimum Gasteiger partial charge on any atom is -0.339 e. The van der Waals surface area contributed by atoms with E-state index in [1.165, 1.54) is 0 Å². The van der Waals surface area contributed by atoms with Crippen LogP contribution in [0.3, 0.4) is 0 Å². The number of hydrogen-bond donors (Lipinski definition) is 1. The topological polar surface area (TPSA) is 52.7 Å². The lowest BCUT2D eigenvalue weighted by molar-refractivity contribution is -0.117. The first kappa shape index (κ1) is 17.0. The zero-order valence-electron chi connectivity index (χ0n) is 14.8. The summed E-state index contributed by atoms with van der Waals surface area (Å²) < 4.78 is 0. The molecule has 1 saturated heterocycles. The summed E-state index contributed by atoms with van der Waals surface area (Å²) in [4.78, 5) is 28.9. The summed E-state index contributed by atoms with van der Waals surface area (Å²) in [6.45, 7) is 3.66. The minimum atomic E-state index is 0.0584. The van der Waals surface area contributed by atoms with Crippen LogP contribution in [0.25, 0.3) is 0 Å². The van der Waals surface area contributed by atoms with Crippen LogP contribution in [0.1, 0.15) is 36.5 Å². The van der Waals surface area contributed by atoms with E-state index in [0.29, 0.717) is 23.2 Å². The van der Waals surface area contributed by atoms with E-state index in [1.54, 1.807) is 6.07 Å². The van der Waals surface area contributed by atoms with E-state index < -0.39 is 0 Å². The molecule has 3 rings (SSSR count). The molecule has 1 heterocycles. The molecular weight excluding hydrogens is 302 g/mol. The van der Waals surface area contributed by atoms with Crippen molar-refractivity contribution in [2.24, 2.45) is 11.8 Å². The second-order valence-corrected chi connectivity index (χ2v) is 7.38. The van der Waals surface area contributed by atoms with Crippen LogP contribution in [0, 0.1) is 11.8 Å². The summed E-state index contributed by atoms with van der Waals surface area (Å²) in [5.74, 6) is 0.740. The van der Waals surface area contributed by atoms with Crippen LogP contribution in [0.15, 0.2) is 24.3 Å². The third kappa shape index (κ3) is 3.78. The molecule has 2 aliphatic rings. The molecule has 1 aliphatic carbocycles. The largest absolute Gasteiger partial charge is 0.339 e. The molecule has 5 heteroatoms. The molecule has 130 valence electrons. The molecule has 0 radical (unpaired) electrons. The predicted molar refractivity (Wildman–Crippen MR) is 95.0 cm³/mol. The maximum absolute atomic E-state index is 12.7. The zero-order valence-corrected chi connectivity index (χ0v) is 14.8. The third-order valence-corrected chi connectivity index (χ3v) is 5.31. The number of likely N-dealkylation sites (tertiary alicyclic amines) is 1. The Bertz CT molecular complexity index is 621. The molecule has 2 amide bonds. The SMILES string of the molecule is C[C@H]1C[C@H]1C(=O)Nc1cccc(C(=O)N2CCC(N(C)C)CC2)c1. The molecule has 1 aromatic carbocycles. The van der Waals surface area contributed by atoms with E-state index in [9.17, 15) is 9.59 Å². The van der Waals surface area contributed by atoms with Crippen LogP contribution >= 0.6 is 0 Å². The Labute approximate surface area is 144 Å². The summed E-state index contributed by atoms with van der Waals surface area (Å²) >= 11 is 0. The molecule has 1 saturated carbocycles. The second-order valence-electron chi connectivity index (χ2n) is 7.38. The number of carbonyl (C=O) groups is 2. The highest BCUT2D eigenvalue weighted by Gasteiger charge is 2.39. The number of anilines is 1. The van der Waals surface area contributed by atoms with Crippen LogP contribution in [0.2, 0.25) is 0 Å². The molecule has 0 bridgehead atoms. The molecule has 0 aromatic heterocycles. The van der Waals surface area contributed by atoms with Crippen LogP contribution in [0.4, 0.5) is 5.69 Å². The molecule has 1 aromatic rings. The van der Waals surface area contributed by atoms with Crippen LogP contribution < -0.4 is 5.32 Å². The number of rotatable bonds is 4. The van der Waals surface area contributed by atoms with Crippen molar-refractivity contribution >= 4 is 17.5 Å². The number of benzene rings is 1. The summed E-state index contributed by atoms with van der Waals surface area (Å²) in [5, 5.41) is 2.94. The van der Waals surface area contributed by atoms with Gasteiger partial charge in [-0.2, -0.15) is 0 Å². The maximum atomic E-state index is 12.7. The van der Waals surface area contributed by atoms with Gasteiger partial charge < -0.3 is 15.1 Å². The highest BCUT2D eigenvalue weighted by molar-refractivity contribution is 5.98. The third-order valence-electron chi connectivity index (χ3n) is 5.31. The zero-order chi connectivity index (χ0) is 17.3. The van der Waals surface area contributed by atoms with E-state index >= 15 is 0 Å². The summed E-state index contributed by atoms with van der Waals surface area (Å²) in [5.41, 5.74) is 1.37. The number of nitrogens with zero attached hydrogens (tertiary/aromatic N) is 2. The highest BCUT2D eigenvalue weighted by atomic mass is 16.2. The Balaban J connectivity index is 1.61. The van der Waals surface area contributed by atoms with E-state index in [1.807, 2.05) is 23.1 Å². The van der Waals surface area contributed by atoms with Gasteiger partial charge in [-0.15, -0.1) is 0 Å². The standard InChI is InChI=1S/C19H27N3O2/c1-13-11-17(13)18(23)20-15-6-4-5-14(12-15)19(24)22-9-7-16(8-10-22)21(2)3/h4-6,12-13,16-17H,7-11H2,1-3H3,(H,20,23)/t13-,17+/m0/s1. The number of piperidine rings is 1. The van der Waals surface area contributed by atoms with Crippen molar-refractivity contribution in [1.82, 2.24) is 9.80 Å². The average molecular weight is 329 g/mol. The van der Waals surface area contributed by atoms with Crippen LogP contribution in [-0.4, -0.2) is 54.8 Å². The molecule has 1 aliphatic heterocycles. The molecule has 2 atom stereocenters. The fourth-order valence-electron chi connectivity index (χ4n) is 3.42. The monoisotopic (exact) mass is 329 g/mol. The van der Waals surface area contributed by atoms with Crippen molar-refractivity contribution < 1.29 is 9.59 Å². The lowest BCUT2D eigenvalue weighted by Crippen LogP contribution is -2.44. The molecule has 0 spiro atoms.